The SMILES string of the molecule is CS(=O)(=O)c1ccc(Cl)c(NC(=O)C2C3CCC(O3)C2C(F)(F)F)c1. The van der Waals surface area contributed by atoms with Gasteiger partial charge in [0, 0.05) is 6.26 Å². The van der Waals surface area contributed by atoms with Crippen LogP contribution in [-0.4, -0.2) is 39.0 Å². The summed E-state index contributed by atoms with van der Waals surface area (Å²) in [5.41, 5.74) is -0.0433. The van der Waals surface area contributed by atoms with Crippen molar-refractivity contribution in [3.63, 3.8) is 0 Å². The van der Waals surface area contributed by atoms with Crippen molar-refractivity contribution in [1.29, 1.82) is 0 Å². The first-order valence-corrected chi connectivity index (χ1v) is 9.78. The molecule has 2 aliphatic rings. The summed E-state index contributed by atoms with van der Waals surface area (Å²) in [6.45, 7) is 0. The predicted molar refractivity (Wildman–Crippen MR) is 84.1 cm³/mol. The monoisotopic (exact) mass is 397 g/mol. The van der Waals surface area contributed by atoms with Crippen LogP contribution >= 0.6 is 11.6 Å². The number of hydrogen-bond donors (Lipinski definition) is 1. The molecule has 0 aromatic heterocycles. The first-order chi connectivity index (χ1) is 11.5. The Balaban J connectivity index is 1.87. The zero-order chi connectivity index (χ0) is 18.6. The summed E-state index contributed by atoms with van der Waals surface area (Å²) in [5, 5.41) is 2.37. The maximum Gasteiger partial charge on any atom is 0.395 e. The van der Waals surface area contributed by atoms with E-state index in [-0.39, 0.29) is 22.0 Å². The Bertz CT molecular complexity index is 811. The van der Waals surface area contributed by atoms with Crippen LogP contribution in [0.25, 0.3) is 0 Å². The van der Waals surface area contributed by atoms with E-state index in [2.05, 4.69) is 5.32 Å². The molecule has 25 heavy (non-hydrogen) atoms. The highest BCUT2D eigenvalue weighted by molar-refractivity contribution is 7.90. The lowest BCUT2D eigenvalue weighted by atomic mass is 9.78. The van der Waals surface area contributed by atoms with Crippen molar-refractivity contribution in [1.82, 2.24) is 0 Å². The summed E-state index contributed by atoms with van der Waals surface area (Å²) in [4.78, 5) is 12.4. The molecule has 2 aliphatic heterocycles. The highest BCUT2D eigenvalue weighted by atomic mass is 35.5. The second-order valence-electron chi connectivity index (χ2n) is 6.29. The van der Waals surface area contributed by atoms with E-state index >= 15 is 0 Å². The fourth-order valence-corrected chi connectivity index (χ4v) is 4.29. The van der Waals surface area contributed by atoms with Gasteiger partial charge in [-0.2, -0.15) is 13.2 Å². The largest absolute Gasteiger partial charge is 0.395 e. The topological polar surface area (TPSA) is 72.5 Å². The summed E-state index contributed by atoms with van der Waals surface area (Å²) >= 11 is 5.94. The molecule has 4 unspecified atom stereocenters. The van der Waals surface area contributed by atoms with Crippen LogP contribution in [0.3, 0.4) is 0 Å². The first kappa shape index (κ1) is 18.5. The third-order valence-corrected chi connectivity index (χ3v) is 6.02. The van der Waals surface area contributed by atoms with Gasteiger partial charge >= 0.3 is 6.18 Å². The van der Waals surface area contributed by atoms with Gasteiger partial charge in [-0.15, -0.1) is 0 Å². The van der Waals surface area contributed by atoms with E-state index in [1.54, 1.807) is 0 Å². The standard InChI is InChI=1S/C15H15ClF3NO4S/c1-25(22,23)7-2-3-8(16)9(6-7)20-14(21)12-10-4-5-11(24-10)13(12)15(17,18)19/h2-3,6,10-13H,4-5H2,1H3,(H,20,21). The molecule has 1 aromatic carbocycles. The number of rotatable bonds is 3. The number of benzene rings is 1. The third-order valence-electron chi connectivity index (χ3n) is 4.58. The molecule has 0 radical (unpaired) electrons. The molecule has 2 fully saturated rings. The van der Waals surface area contributed by atoms with Gasteiger partial charge in [0.05, 0.1) is 39.6 Å². The second-order valence-corrected chi connectivity index (χ2v) is 8.71. The van der Waals surface area contributed by atoms with E-state index in [0.29, 0.717) is 6.42 Å². The molecule has 0 saturated carbocycles. The summed E-state index contributed by atoms with van der Waals surface area (Å²) in [7, 11) is -3.55. The zero-order valence-corrected chi connectivity index (χ0v) is 14.6. The molecule has 2 heterocycles. The molecule has 1 amide bonds. The smallest absolute Gasteiger partial charge is 0.373 e. The Hall–Kier alpha value is -1.32. The van der Waals surface area contributed by atoms with Gasteiger partial charge in [-0.3, -0.25) is 4.79 Å². The Labute approximate surface area is 147 Å². The van der Waals surface area contributed by atoms with Crippen molar-refractivity contribution in [2.75, 3.05) is 11.6 Å². The molecule has 1 N–H and O–H groups in total. The van der Waals surface area contributed by atoms with Crippen molar-refractivity contribution >= 4 is 33.0 Å². The van der Waals surface area contributed by atoms with Crippen LogP contribution < -0.4 is 5.32 Å². The maximum atomic E-state index is 13.3. The first-order valence-electron chi connectivity index (χ1n) is 7.51. The van der Waals surface area contributed by atoms with Crippen LogP contribution in [0, 0.1) is 11.8 Å². The zero-order valence-electron chi connectivity index (χ0n) is 13.0. The normalized spacial score (nSPS) is 29.0. The average molecular weight is 398 g/mol. The number of carbonyl (C=O) groups excluding carboxylic acids is 1. The highest BCUT2D eigenvalue weighted by Crippen LogP contribution is 2.50. The highest BCUT2D eigenvalue weighted by Gasteiger charge is 2.62. The number of anilines is 1. The molecule has 2 saturated heterocycles. The van der Waals surface area contributed by atoms with E-state index in [1.807, 2.05) is 0 Å². The number of ether oxygens (including phenoxy) is 1. The lowest BCUT2D eigenvalue weighted by molar-refractivity contribution is -0.196. The molecule has 1 aromatic rings. The van der Waals surface area contributed by atoms with Gasteiger partial charge in [-0.25, -0.2) is 8.42 Å². The van der Waals surface area contributed by atoms with Crippen LogP contribution in [0.4, 0.5) is 18.9 Å². The van der Waals surface area contributed by atoms with Gasteiger partial charge in [0.15, 0.2) is 9.84 Å². The van der Waals surface area contributed by atoms with Crippen molar-refractivity contribution in [3.05, 3.63) is 23.2 Å². The number of fused-ring (bicyclic) bond motifs is 2. The number of amides is 1. The van der Waals surface area contributed by atoms with Crippen molar-refractivity contribution in [3.8, 4) is 0 Å². The lowest BCUT2D eigenvalue weighted by Gasteiger charge is -2.28. The molecule has 5 nitrogen and oxygen atoms in total. The molecule has 138 valence electrons. The number of halogens is 4. The average Bonchev–Trinajstić information content (AvgIpc) is 3.08. The maximum absolute atomic E-state index is 13.3. The molecule has 10 heteroatoms. The minimum absolute atomic E-state index is 0.0355. The van der Waals surface area contributed by atoms with Gasteiger partial charge in [0.25, 0.3) is 0 Å². The van der Waals surface area contributed by atoms with E-state index in [1.165, 1.54) is 12.1 Å². The molecule has 4 atom stereocenters. The second kappa shape index (κ2) is 6.14. The van der Waals surface area contributed by atoms with Crippen LogP contribution in [0.15, 0.2) is 23.1 Å². The van der Waals surface area contributed by atoms with E-state index in [9.17, 15) is 26.4 Å². The van der Waals surface area contributed by atoms with Crippen LogP contribution in [-0.2, 0) is 19.4 Å². The predicted octanol–water partition coefficient (Wildman–Crippen LogP) is 3.04. The van der Waals surface area contributed by atoms with E-state index in [0.717, 1.165) is 12.3 Å². The fraction of sp³-hybridized carbons (Fsp3) is 0.533. The summed E-state index contributed by atoms with van der Waals surface area (Å²) < 4.78 is 68.4. The number of sulfone groups is 1. The number of carbonyl (C=O) groups is 1. The van der Waals surface area contributed by atoms with Crippen LogP contribution in [0.2, 0.25) is 5.02 Å². The van der Waals surface area contributed by atoms with Gasteiger partial charge in [0.1, 0.15) is 0 Å². The van der Waals surface area contributed by atoms with Gasteiger partial charge < -0.3 is 10.1 Å². The minimum atomic E-state index is -4.56. The van der Waals surface area contributed by atoms with Gasteiger partial charge in [-0.1, -0.05) is 11.6 Å². The number of nitrogens with one attached hydrogen (secondary N) is 1. The quantitative estimate of drug-likeness (QED) is 0.851. The Kier molecular flexibility index (Phi) is 4.53. The van der Waals surface area contributed by atoms with Crippen LogP contribution in [0.5, 0.6) is 0 Å². The molecule has 0 spiro atoms. The van der Waals surface area contributed by atoms with E-state index < -0.39 is 46.0 Å². The summed E-state index contributed by atoms with van der Waals surface area (Å²) in [6.07, 6.45) is -4.74. The summed E-state index contributed by atoms with van der Waals surface area (Å²) in [5.74, 6) is -4.12. The Morgan fingerprint density at radius 3 is 2.52 bits per heavy atom. The van der Waals surface area contributed by atoms with Crippen molar-refractivity contribution in [2.24, 2.45) is 11.8 Å². The summed E-state index contributed by atoms with van der Waals surface area (Å²) in [6, 6.07) is 3.66. The lowest BCUT2D eigenvalue weighted by Crippen LogP contribution is -2.44. The third kappa shape index (κ3) is 3.50. The van der Waals surface area contributed by atoms with Gasteiger partial charge in [0.2, 0.25) is 5.91 Å². The van der Waals surface area contributed by atoms with Gasteiger partial charge in [-0.05, 0) is 31.0 Å². The molecular weight excluding hydrogens is 383 g/mol. The number of hydrogen-bond acceptors (Lipinski definition) is 4. The fourth-order valence-electron chi connectivity index (χ4n) is 3.47. The molecular formula is C15H15ClF3NO4S. The minimum Gasteiger partial charge on any atom is -0.373 e. The van der Waals surface area contributed by atoms with Crippen molar-refractivity contribution < 1.29 is 31.1 Å². The van der Waals surface area contributed by atoms with E-state index in [4.69, 9.17) is 16.3 Å². The molecule has 3 rings (SSSR count). The number of alkyl halides is 3. The molecule has 0 aliphatic carbocycles. The van der Waals surface area contributed by atoms with Crippen LogP contribution in [0.1, 0.15) is 12.8 Å². The molecule has 2 bridgehead atoms. The Morgan fingerprint density at radius 1 is 1.28 bits per heavy atom. The van der Waals surface area contributed by atoms with Crippen molar-refractivity contribution in [2.45, 2.75) is 36.1 Å². The Morgan fingerprint density at radius 2 is 1.92 bits per heavy atom.